The van der Waals surface area contributed by atoms with Gasteiger partial charge in [-0.2, -0.15) is 0 Å². The van der Waals surface area contributed by atoms with Gasteiger partial charge < -0.3 is 40.3 Å². The van der Waals surface area contributed by atoms with Crippen LogP contribution in [0.3, 0.4) is 0 Å². The molecule has 17 heteroatoms. The van der Waals surface area contributed by atoms with Gasteiger partial charge in [0.15, 0.2) is 5.82 Å². The van der Waals surface area contributed by atoms with Gasteiger partial charge in [0.2, 0.25) is 17.7 Å². The first kappa shape index (κ1) is 44.5. The number of alkyl halides is 2. The van der Waals surface area contributed by atoms with Crippen LogP contribution in [0.1, 0.15) is 50.5 Å². The zero-order valence-electron chi connectivity index (χ0n) is 36.3. The second kappa shape index (κ2) is 19.4. The number of nitrogens with zero attached hydrogens (tertiary/aromatic N) is 6. The van der Waals surface area contributed by atoms with Crippen molar-refractivity contribution in [3.05, 3.63) is 84.4 Å². The van der Waals surface area contributed by atoms with Gasteiger partial charge in [0.25, 0.3) is 5.92 Å². The van der Waals surface area contributed by atoms with Crippen molar-refractivity contribution in [3.8, 4) is 22.8 Å². The largest absolute Gasteiger partial charge is 0.507 e. The number of ether oxygens (including phenoxy) is 2. The summed E-state index contributed by atoms with van der Waals surface area (Å²) < 4.78 is 44.1. The molecule has 4 aromatic rings. The Morgan fingerprint density at radius 3 is 2.56 bits per heavy atom. The SMILES string of the molecule is C[C@H]1COC[C@@H](Nc2cccc(OC3CCN(C(=O)CN4CC[C@@H](c5cccc(N(C)[C@@H]6CCC(=O)NC6=O)c5)C(F)(F)C4)CC3)c2)CN(c2cc(-c3ccccc3O)nnc2N)C1. The van der Waals surface area contributed by atoms with Crippen LogP contribution in [0.15, 0.2) is 78.9 Å². The van der Waals surface area contributed by atoms with Crippen molar-refractivity contribution in [1.82, 2.24) is 25.3 Å². The van der Waals surface area contributed by atoms with Gasteiger partial charge in [0.1, 0.15) is 23.6 Å². The lowest BCUT2D eigenvalue weighted by Gasteiger charge is -2.40. The number of likely N-dealkylation sites (N-methyl/N-ethyl adjacent to an activating group) is 1. The summed E-state index contributed by atoms with van der Waals surface area (Å²) in [5, 5.41) is 25.0. The van der Waals surface area contributed by atoms with Crippen molar-refractivity contribution in [2.75, 3.05) is 86.9 Å². The molecule has 4 aliphatic heterocycles. The number of para-hydroxylation sites is 1. The molecule has 4 fully saturated rings. The van der Waals surface area contributed by atoms with Crippen molar-refractivity contribution in [3.63, 3.8) is 0 Å². The first-order valence-corrected chi connectivity index (χ1v) is 22.1. The van der Waals surface area contributed by atoms with Crippen molar-refractivity contribution in [1.29, 1.82) is 0 Å². The fourth-order valence-corrected chi connectivity index (χ4v) is 9.33. The van der Waals surface area contributed by atoms with E-state index >= 15 is 8.78 Å². The zero-order valence-corrected chi connectivity index (χ0v) is 36.3. The molecule has 0 bridgehead atoms. The van der Waals surface area contributed by atoms with E-state index in [2.05, 4.69) is 32.7 Å². The van der Waals surface area contributed by atoms with E-state index in [4.69, 9.17) is 15.2 Å². The zero-order chi connectivity index (χ0) is 45.0. The number of phenols is 1. The molecule has 3 amide bonds. The summed E-state index contributed by atoms with van der Waals surface area (Å²) in [6.07, 6.45) is 1.86. The molecule has 5 N–H and O–H groups in total. The van der Waals surface area contributed by atoms with Gasteiger partial charge in [-0.3, -0.25) is 24.6 Å². The van der Waals surface area contributed by atoms with Crippen LogP contribution in [-0.4, -0.2) is 133 Å². The number of hydrogen-bond acceptors (Lipinski definition) is 13. The molecule has 1 aromatic heterocycles. The number of piperidine rings is 3. The van der Waals surface area contributed by atoms with Crippen LogP contribution in [-0.2, 0) is 19.1 Å². The topological polar surface area (TPSA) is 179 Å². The maximum Gasteiger partial charge on any atom is 0.267 e. The number of carbonyl (C=O) groups excluding carboxylic acids is 3. The van der Waals surface area contributed by atoms with E-state index in [-0.39, 0.29) is 55.0 Å². The number of carbonyl (C=O) groups is 3. The fourth-order valence-electron chi connectivity index (χ4n) is 9.33. The number of amides is 3. The summed E-state index contributed by atoms with van der Waals surface area (Å²) in [6.45, 7) is 5.06. The normalized spacial score (nSPS) is 23.4. The van der Waals surface area contributed by atoms with E-state index in [9.17, 15) is 19.5 Å². The van der Waals surface area contributed by atoms with Crippen molar-refractivity contribution in [2.45, 2.75) is 69.1 Å². The van der Waals surface area contributed by atoms with Crippen LogP contribution in [0.5, 0.6) is 11.5 Å². The Bertz CT molecular complexity index is 2310. The summed E-state index contributed by atoms with van der Waals surface area (Å²) in [5.74, 6) is -3.65. The van der Waals surface area contributed by atoms with Gasteiger partial charge in [-0.05, 0) is 73.3 Å². The van der Waals surface area contributed by atoms with E-state index in [1.54, 1.807) is 64.2 Å². The number of benzene rings is 3. The van der Waals surface area contributed by atoms with Crippen LogP contribution in [0, 0.1) is 5.92 Å². The monoisotopic (exact) mass is 881 g/mol. The quantitative estimate of drug-likeness (QED) is 0.146. The maximum atomic E-state index is 15.8. The van der Waals surface area contributed by atoms with E-state index < -0.39 is 30.3 Å². The van der Waals surface area contributed by atoms with Gasteiger partial charge >= 0.3 is 0 Å². The third-order valence-electron chi connectivity index (χ3n) is 12.7. The second-order valence-corrected chi connectivity index (χ2v) is 17.6. The van der Waals surface area contributed by atoms with E-state index in [1.165, 1.54) is 0 Å². The van der Waals surface area contributed by atoms with Crippen LogP contribution < -0.4 is 30.9 Å². The lowest BCUT2D eigenvalue weighted by atomic mass is 9.85. The van der Waals surface area contributed by atoms with Crippen LogP contribution in [0.2, 0.25) is 0 Å². The van der Waals surface area contributed by atoms with Crippen molar-refractivity contribution < 1.29 is 37.7 Å². The predicted molar refractivity (Wildman–Crippen MR) is 240 cm³/mol. The molecule has 5 heterocycles. The number of imide groups is 1. The molecule has 4 aliphatic rings. The number of aromatic hydroxyl groups is 1. The number of aromatic nitrogens is 2. The molecule has 15 nitrogen and oxygen atoms in total. The van der Waals surface area contributed by atoms with Crippen LogP contribution in [0.25, 0.3) is 11.3 Å². The third kappa shape index (κ3) is 10.5. The molecule has 340 valence electrons. The lowest BCUT2D eigenvalue weighted by molar-refractivity contribution is -0.138. The molecule has 64 heavy (non-hydrogen) atoms. The first-order chi connectivity index (χ1) is 30.8. The summed E-state index contributed by atoms with van der Waals surface area (Å²) in [7, 11) is 1.73. The maximum absolute atomic E-state index is 15.8. The van der Waals surface area contributed by atoms with Crippen LogP contribution >= 0.6 is 0 Å². The van der Waals surface area contributed by atoms with Crippen molar-refractivity contribution in [2.24, 2.45) is 5.92 Å². The highest BCUT2D eigenvalue weighted by Crippen LogP contribution is 2.41. The Balaban J connectivity index is 0.823. The molecule has 0 radical (unpaired) electrons. The number of likely N-dealkylation sites (tertiary alicyclic amines) is 2. The van der Waals surface area contributed by atoms with Crippen molar-refractivity contribution >= 4 is 40.6 Å². The highest BCUT2D eigenvalue weighted by molar-refractivity contribution is 6.01. The Hall–Kier alpha value is -6.07. The number of rotatable bonds is 11. The molecular weight excluding hydrogens is 825 g/mol. The predicted octanol–water partition coefficient (Wildman–Crippen LogP) is 5.12. The number of nitrogen functional groups attached to an aromatic ring is 1. The van der Waals surface area contributed by atoms with E-state index in [1.807, 2.05) is 36.4 Å². The van der Waals surface area contributed by atoms with Gasteiger partial charge in [-0.1, -0.05) is 37.3 Å². The Kier molecular flexibility index (Phi) is 13.5. The van der Waals surface area contributed by atoms with Gasteiger partial charge in [-0.15, -0.1) is 10.2 Å². The molecule has 0 saturated carbocycles. The molecule has 8 rings (SSSR count). The summed E-state index contributed by atoms with van der Waals surface area (Å²) >= 11 is 0. The van der Waals surface area contributed by atoms with E-state index in [0.717, 1.165) is 11.4 Å². The first-order valence-electron chi connectivity index (χ1n) is 22.1. The number of anilines is 4. The minimum atomic E-state index is -3.07. The van der Waals surface area contributed by atoms with E-state index in [0.29, 0.717) is 99.3 Å². The summed E-state index contributed by atoms with van der Waals surface area (Å²) in [4.78, 5) is 44.8. The molecule has 4 saturated heterocycles. The van der Waals surface area contributed by atoms with Crippen LogP contribution in [0.4, 0.5) is 31.7 Å². The number of nitrogens with one attached hydrogen (secondary N) is 2. The third-order valence-corrected chi connectivity index (χ3v) is 12.7. The van der Waals surface area contributed by atoms with Gasteiger partial charge in [0, 0.05) is 75.5 Å². The molecule has 0 unspecified atom stereocenters. The minimum Gasteiger partial charge on any atom is -0.507 e. The highest BCUT2D eigenvalue weighted by atomic mass is 19.3. The second-order valence-electron chi connectivity index (χ2n) is 17.6. The molecule has 3 aromatic carbocycles. The average Bonchev–Trinajstić information content (AvgIpc) is 3.26. The summed E-state index contributed by atoms with van der Waals surface area (Å²) in [6, 6.07) is 22.9. The fraction of sp³-hybridized carbons (Fsp3) is 0.468. The number of phenolic OH excluding ortho intramolecular Hbond substituents is 1. The molecule has 4 atom stereocenters. The number of halogens is 2. The van der Waals surface area contributed by atoms with Gasteiger partial charge in [-0.25, -0.2) is 8.78 Å². The average molecular weight is 882 g/mol. The molecule has 0 spiro atoms. The Morgan fingerprint density at radius 1 is 0.984 bits per heavy atom. The van der Waals surface area contributed by atoms with Gasteiger partial charge in [0.05, 0.1) is 49.6 Å². The smallest absolute Gasteiger partial charge is 0.267 e. The number of nitrogens with two attached hydrogens (primary N) is 1. The standard InChI is InChI=1S/C47H57F2N9O6/c1-30-24-58(41-23-39(53-54-45(41)50)37-11-3-4-12-42(37)59)25-33(28-63-27-30)51-32-8-6-10-36(22-32)64-35-15-19-57(20-16-35)44(61)26-56-18-17-38(47(48,49)29-56)31-7-5-9-34(21-31)55(2)40-13-14-43(60)52-46(40)62/h3-12,21-23,30,33,35,38,40,51,59H,13-20,24-29H2,1-2H3,(H2,50,54)(H,52,60,62)/t30-,33+,38+,40-/m1/s1. The Labute approximate surface area is 371 Å². The Morgan fingerprint density at radius 2 is 1.78 bits per heavy atom. The number of hydrogen-bond donors (Lipinski definition) is 4. The summed E-state index contributed by atoms with van der Waals surface area (Å²) in [5.41, 5.74) is 10.2. The lowest BCUT2D eigenvalue weighted by Crippen LogP contribution is -2.52. The minimum absolute atomic E-state index is 0.0803. The molecular formula is C47H57F2N9O6. The highest BCUT2D eigenvalue weighted by Gasteiger charge is 2.46. The molecule has 0 aliphatic carbocycles.